The number of carbonyl (C=O) groups is 1. The molecular weight excluding hydrogens is 194 g/mol. The lowest BCUT2D eigenvalue weighted by Crippen LogP contribution is -2.35. The molecule has 1 rings (SSSR count). The number of hydrogen-bond donors (Lipinski definition) is 0. The Bertz CT molecular complexity index is 206. The minimum absolute atomic E-state index is 0.201. The van der Waals surface area contributed by atoms with E-state index in [4.69, 9.17) is 9.47 Å². The van der Waals surface area contributed by atoms with Crippen molar-refractivity contribution in [3.8, 4) is 0 Å². The first-order chi connectivity index (χ1) is 7.11. The van der Waals surface area contributed by atoms with Crippen molar-refractivity contribution in [3.05, 3.63) is 0 Å². The molecule has 4 heteroatoms. The molecule has 1 aliphatic heterocycles. The fourth-order valence-corrected chi connectivity index (χ4v) is 1.86. The van der Waals surface area contributed by atoms with Crippen molar-refractivity contribution in [1.82, 2.24) is 4.90 Å². The minimum atomic E-state index is -0.201. The van der Waals surface area contributed by atoms with Gasteiger partial charge in [0.05, 0.1) is 13.2 Å². The second kappa shape index (κ2) is 6.08. The Morgan fingerprint density at radius 1 is 1.60 bits per heavy atom. The summed E-state index contributed by atoms with van der Waals surface area (Å²) >= 11 is 0. The standard InChI is InChI=1S/C11H21NO3/c1-9(2)11-12(6-8-15-11)5-4-7-14-10(3)13/h9,11H,4-8H2,1-3H3/t11-/m0/s1. The highest BCUT2D eigenvalue weighted by molar-refractivity contribution is 5.65. The zero-order valence-corrected chi connectivity index (χ0v) is 9.86. The van der Waals surface area contributed by atoms with E-state index < -0.39 is 0 Å². The summed E-state index contributed by atoms with van der Waals surface area (Å²) in [5.41, 5.74) is 0. The third kappa shape index (κ3) is 4.18. The molecule has 0 aliphatic carbocycles. The maximum atomic E-state index is 10.6. The molecule has 0 aromatic rings. The molecule has 1 aliphatic rings. The average Bonchev–Trinajstić information content (AvgIpc) is 2.60. The van der Waals surface area contributed by atoms with Crippen molar-refractivity contribution < 1.29 is 14.3 Å². The number of esters is 1. The smallest absolute Gasteiger partial charge is 0.302 e. The van der Waals surface area contributed by atoms with Crippen LogP contribution in [0.4, 0.5) is 0 Å². The maximum Gasteiger partial charge on any atom is 0.302 e. The second-order valence-corrected chi connectivity index (χ2v) is 4.23. The van der Waals surface area contributed by atoms with E-state index in [0.29, 0.717) is 12.5 Å². The molecule has 0 saturated carbocycles. The lowest BCUT2D eigenvalue weighted by molar-refractivity contribution is -0.141. The third-order valence-electron chi connectivity index (χ3n) is 2.49. The van der Waals surface area contributed by atoms with Crippen LogP contribution in [-0.2, 0) is 14.3 Å². The van der Waals surface area contributed by atoms with Gasteiger partial charge in [-0.2, -0.15) is 0 Å². The molecule has 0 unspecified atom stereocenters. The first-order valence-corrected chi connectivity index (χ1v) is 5.60. The van der Waals surface area contributed by atoms with Crippen molar-refractivity contribution in [2.45, 2.75) is 33.4 Å². The van der Waals surface area contributed by atoms with Crippen molar-refractivity contribution in [1.29, 1.82) is 0 Å². The van der Waals surface area contributed by atoms with Crippen LogP contribution in [0, 0.1) is 5.92 Å². The number of ether oxygens (including phenoxy) is 2. The van der Waals surface area contributed by atoms with E-state index in [0.717, 1.165) is 26.1 Å². The highest BCUT2D eigenvalue weighted by Crippen LogP contribution is 2.17. The Morgan fingerprint density at radius 2 is 2.33 bits per heavy atom. The molecule has 88 valence electrons. The van der Waals surface area contributed by atoms with Gasteiger partial charge in [0, 0.05) is 20.0 Å². The van der Waals surface area contributed by atoms with Crippen LogP contribution in [0.25, 0.3) is 0 Å². The van der Waals surface area contributed by atoms with E-state index in [1.165, 1.54) is 6.92 Å². The van der Waals surface area contributed by atoms with E-state index in [-0.39, 0.29) is 12.2 Å². The number of nitrogens with zero attached hydrogens (tertiary/aromatic N) is 1. The van der Waals surface area contributed by atoms with E-state index in [1.807, 2.05) is 0 Å². The first kappa shape index (κ1) is 12.5. The maximum absolute atomic E-state index is 10.6. The molecule has 0 aromatic heterocycles. The largest absolute Gasteiger partial charge is 0.466 e. The van der Waals surface area contributed by atoms with Crippen molar-refractivity contribution in [3.63, 3.8) is 0 Å². The number of carbonyl (C=O) groups excluding carboxylic acids is 1. The summed E-state index contributed by atoms with van der Waals surface area (Å²) in [7, 11) is 0. The SMILES string of the molecule is CC(=O)OCCCN1CCO[C@H]1C(C)C. The molecular formula is C11H21NO3. The molecule has 0 amide bonds. The van der Waals surface area contributed by atoms with Gasteiger partial charge in [-0.05, 0) is 12.3 Å². The Hall–Kier alpha value is -0.610. The summed E-state index contributed by atoms with van der Waals surface area (Å²) < 4.78 is 10.5. The van der Waals surface area contributed by atoms with Crippen LogP contribution in [0.5, 0.6) is 0 Å². The highest BCUT2D eigenvalue weighted by atomic mass is 16.5. The predicted molar refractivity (Wildman–Crippen MR) is 57.4 cm³/mol. The molecule has 1 atom stereocenters. The molecule has 0 N–H and O–H groups in total. The van der Waals surface area contributed by atoms with Crippen LogP contribution in [0.1, 0.15) is 27.2 Å². The van der Waals surface area contributed by atoms with Gasteiger partial charge in [-0.15, -0.1) is 0 Å². The van der Waals surface area contributed by atoms with Crippen LogP contribution in [0.15, 0.2) is 0 Å². The highest BCUT2D eigenvalue weighted by Gasteiger charge is 2.27. The van der Waals surface area contributed by atoms with Crippen LogP contribution in [0.3, 0.4) is 0 Å². The number of rotatable bonds is 5. The summed E-state index contributed by atoms with van der Waals surface area (Å²) in [5, 5.41) is 0. The Morgan fingerprint density at radius 3 is 2.93 bits per heavy atom. The Kier molecular flexibility index (Phi) is 5.05. The van der Waals surface area contributed by atoms with Gasteiger partial charge in [-0.25, -0.2) is 0 Å². The summed E-state index contributed by atoms with van der Waals surface area (Å²) in [6.45, 7) is 9.02. The molecule has 1 saturated heterocycles. The van der Waals surface area contributed by atoms with Crippen LogP contribution in [0.2, 0.25) is 0 Å². The van der Waals surface area contributed by atoms with Crippen LogP contribution in [-0.4, -0.2) is 43.4 Å². The molecule has 0 aromatic carbocycles. The van der Waals surface area contributed by atoms with E-state index in [2.05, 4.69) is 18.7 Å². The van der Waals surface area contributed by atoms with E-state index in [9.17, 15) is 4.79 Å². The second-order valence-electron chi connectivity index (χ2n) is 4.23. The van der Waals surface area contributed by atoms with Crippen LogP contribution < -0.4 is 0 Å². The van der Waals surface area contributed by atoms with Gasteiger partial charge in [-0.1, -0.05) is 13.8 Å². The van der Waals surface area contributed by atoms with Crippen LogP contribution >= 0.6 is 0 Å². The summed E-state index contributed by atoms with van der Waals surface area (Å²) in [6, 6.07) is 0. The zero-order chi connectivity index (χ0) is 11.3. The molecule has 4 nitrogen and oxygen atoms in total. The molecule has 0 spiro atoms. The molecule has 1 fully saturated rings. The topological polar surface area (TPSA) is 38.8 Å². The van der Waals surface area contributed by atoms with E-state index >= 15 is 0 Å². The summed E-state index contributed by atoms with van der Waals surface area (Å²) in [5.74, 6) is 0.314. The van der Waals surface area contributed by atoms with Gasteiger partial charge in [0.25, 0.3) is 0 Å². The van der Waals surface area contributed by atoms with Crippen molar-refractivity contribution in [2.24, 2.45) is 5.92 Å². The van der Waals surface area contributed by atoms with Crippen molar-refractivity contribution >= 4 is 5.97 Å². The van der Waals surface area contributed by atoms with Gasteiger partial charge in [-0.3, -0.25) is 9.69 Å². The minimum Gasteiger partial charge on any atom is -0.466 e. The number of hydrogen-bond acceptors (Lipinski definition) is 4. The molecule has 0 bridgehead atoms. The van der Waals surface area contributed by atoms with Gasteiger partial charge in [0.15, 0.2) is 0 Å². The zero-order valence-electron chi connectivity index (χ0n) is 9.86. The van der Waals surface area contributed by atoms with E-state index in [1.54, 1.807) is 0 Å². The summed E-state index contributed by atoms with van der Waals surface area (Å²) in [4.78, 5) is 12.9. The summed E-state index contributed by atoms with van der Waals surface area (Å²) in [6.07, 6.45) is 1.12. The van der Waals surface area contributed by atoms with Crippen molar-refractivity contribution in [2.75, 3.05) is 26.3 Å². The monoisotopic (exact) mass is 215 g/mol. The predicted octanol–water partition coefficient (Wildman–Crippen LogP) is 1.25. The van der Waals surface area contributed by atoms with Gasteiger partial charge in [0.1, 0.15) is 6.23 Å². The molecule has 15 heavy (non-hydrogen) atoms. The lowest BCUT2D eigenvalue weighted by Gasteiger charge is -2.25. The lowest BCUT2D eigenvalue weighted by atomic mass is 10.2. The molecule has 1 heterocycles. The fraction of sp³-hybridized carbons (Fsp3) is 0.909. The Balaban J connectivity index is 2.17. The van der Waals surface area contributed by atoms with Gasteiger partial charge in [0.2, 0.25) is 0 Å². The average molecular weight is 215 g/mol. The fourth-order valence-electron chi connectivity index (χ4n) is 1.86. The first-order valence-electron chi connectivity index (χ1n) is 5.60. The molecule has 0 radical (unpaired) electrons. The van der Waals surface area contributed by atoms with Gasteiger partial charge < -0.3 is 9.47 Å². The van der Waals surface area contributed by atoms with Gasteiger partial charge >= 0.3 is 5.97 Å². The normalized spacial score (nSPS) is 22.3. The quantitative estimate of drug-likeness (QED) is 0.511. The Labute approximate surface area is 91.5 Å². The third-order valence-corrected chi connectivity index (χ3v) is 2.49.